The Balaban J connectivity index is 1.49. The molecule has 1 unspecified atom stereocenters. The van der Waals surface area contributed by atoms with Crippen molar-refractivity contribution in [3.05, 3.63) is 47.9 Å². The Morgan fingerprint density at radius 3 is 2.79 bits per heavy atom. The zero-order valence-corrected chi connectivity index (χ0v) is 16.6. The highest BCUT2D eigenvalue weighted by atomic mass is 16.5. The van der Waals surface area contributed by atoms with E-state index in [0.717, 1.165) is 42.0 Å². The number of methoxy groups -OCH3 is 1. The monoisotopic (exact) mass is 396 g/mol. The van der Waals surface area contributed by atoms with Gasteiger partial charge in [-0.05, 0) is 50.5 Å². The standard InChI is InChI=1S/C21H24N4O4/c1-14-11-19(29-24-14)17-12-22-23-21(17)18-5-3-4-10-25(18)20(26)13-28-16-8-6-15(27-2)7-9-16/h6-9,11-12,18H,3-5,10,13H2,1-2H3,(H,22,23). The van der Waals surface area contributed by atoms with Gasteiger partial charge in [0.25, 0.3) is 5.91 Å². The molecule has 8 nitrogen and oxygen atoms in total. The van der Waals surface area contributed by atoms with Crippen LogP contribution in [0.25, 0.3) is 11.3 Å². The Kier molecular flexibility index (Phi) is 5.50. The fraction of sp³-hybridized carbons (Fsp3) is 0.381. The first-order valence-corrected chi connectivity index (χ1v) is 9.69. The van der Waals surface area contributed by atoms with Gasteiger partial charge in [-0.1, -0.05) is 5.16 Å². The fourth-order valence-electron chi connectivity index (χ4n) is 3.67. The zero-order chi connectivity index (χ0) is 20.2. The van der Waals surface area contributed by atoms with Crippen molar-refractivity contribution < 1.29 is 18.8 Å². The summed E-state index contributed by atoms with van der Waals surface area (Å²) in [5.74, 6) is 1.97. The Morgan fingerprint density at radius 2 is 2.07 bits per heavy atom. The highest BCUT2D eigenvalue weighted by Crippen LogP contribution is 2.36. The van der Waals surface area contributed by atoms with Crippen molar-refractivity contribution in [3.63, 3.8) is 0 Å². The number of likely N-dealkylation sites (tertiary alicyclic amines) is 1. The molecular weight excluding hydrogens is 372 g/mol. The highest BCUT2D eigenvalue weighted by Gasteiger charge is 2.32. The van der Waals surface area contributed by atoms with Crippen LogP contribution in [0.3, 0.4) is 0 Å². The van der Waals surface area contributed by atoms with Crippen LogP contribution in [0.1, 0.15) is 36.7 Å². The van der Waals surface area contributed by atoms with Crippen molar-refractivity contribution in [2.45, 2.75) is 32.2 Å². The molecule has 1 saturated heterocycles. The minimum atomic E-state index is -0.0985. The molecular formula is C21H24N4O4. The normalized spacial score (nSPS) is 16.6. The van der Waals surface area contributed by atoms with Gasteiger partial charge in [-0.25, -0.2) is 0 Å². The largest absolute Gasteiger partial charge is 0.497 e. The van der Waals surface area contributed by atoms with Crippen LogP contribution in [-0.2, 0) is 4.79 Å². The molecule has 0 aliphatic carbocycles. The van der Waals surface area contributed by atoms with Gasteiger partial charge < -0.3 is 18.9 Å². The van der Waals surface area contributed by atoms with Crippen molar-refractivity contribution in [2.75, 3.05) is 20.3 Å². The van der Waals surface area contributed by atoms with Crippen LogP contribution >= 0.6 is 0 Å². The molecule has 0 bridgehead atoms. The van der Waals surface area contributed by atoms with Crippen molar-refractivity contribution in [1.29, 1.82) is 0 Å². The maximum atomic E-state index is 13.0. The molecule has 3 aromatic rings. The van der Waals surface area contributed by atoms with Crippen LogP contribution in [-0.4, -0.2) is 46.4 Å². The number of nitrogens with zero attached hydrogens (tertiary/aromatic N) is 3. The topological polar surface area (TPSA) is 93.5 Å². The summed E-state index contributed by atoms with van der Waals surface area (Å²) in [6.07, 6.45) is 4.59. The van der Waals surface area contributed by atoms with E-state index in [1.165, 1.54) is 0 Å². The van der Waals surface area contributed by atoms with E-state index in [2.05, 4.69) is 15.4 Å². The number of H-pyrrole nitrogens is 1. The molecule has 1 aliphatic rings. The number of amides is 1. The smallest absolute Gasteiger partial charge is 0.261 e. The number of ether oxygens (including phenoxy) is 2. The first-order chi connectivity index (χ1) is 14.2. The second-order valence-electron chi connectivity index (χ2n) is 7.09. The predicted octanol–water partition coefficient (Wildman–Crippen LogP) is 3.51. The van der Waals surface area contributed by atoms with E-state index < -0.39 is 0 Å². The van der Waals surface area contributed by atoms with Gasteiger partial charge in [0.1, 0.15) is 11.5 Å². The first kappa shape index (κ1) is 19.0. The molecule has 1 atom stereocenters. The molecule has 152 valence electrons. The maximum absolute atomic E-state index is 13.0. The third-order valence-corrected chi connectivity index (χ3v) is 5.14. The minimum Gasteiger partial charge on any atom is -0.497 e. The molecule has 0 spiro atoms. The number of hydrogen-bond donors (Lipinski definition) is 1. The van der Waals surface area contributed by atoms with Crippen LogP contribution in [0.5, 0.6) is 11.5 Å². The summed E-state index contributed by atoms with van der Waals surface area (Å²) in [5, 5.41) is 11.2. The molecule has 1 N–H and O–H groups in total. The molecule has 1 fully saturated rings. The molecule has 3 heterocycles. The number of aryl methyl sites for hydroxylation is 1. The maximum Gasteiger partial charge on any atom is 0.261 e. The molecule has 1 aliphatic heterocycles. The fourth-order valence-corrected chi connectivity index (χ4v) is 3.67. The second-order valence-corrected chi connectivity index (χ2v) is 7.09. The van der Waals surface area contributed by atoms with Crippen LogP contribution in [0, 0.1) is 6.92 Å². The van der Waals surface area contributed by atoms with Gasteiger partial charge in [-0.3, -0.25) is 9.89 Å². The second kappa shape index (κ2) is 8.38. The molecule has 0 saturated carbocycles. The van der Waals surface area contributed by atoms with Crippen LogP contribution < -0.4 is 9.47 Å². The summed E-state index contributed by atoms with van der Waals surface area (Å²) in [6.45, 7) is 2.54. The number of rotatable bonds is 6. The Labute approximate surface area is 168 Å². The number of aromatic amines is 1. The summed E-state index contributed by atoms with van der Waals surface area (Å²) in [6, 6.07) is 8.96. The van der Waals surface area contributed by atoms with Gasteiger partial charge in [0.15, 0.2) is 12.4 Å². The van der Waals surface area contributed by atoms with Crippen molar-refractivity contribution in [2.24, 2.45) is 0 Å². The van der Waals surface area contributed by atoms with Crippen molar-refractivity contribution >= 4 is 5.91 Å². The number of carbonyl (C=O) groups is 1. The summed E-state index contributed by atoms with van der Waals surface area (Å²) >= 11 is 0. The predicted molar refractivity (Wildman–Crippen MR) is 106 cm³/mol. The molecule has 1 aromatic carbocycles. The lowest BCUT2D eigenvalue weighted by atomic mass is 9.96. The molecule has 8 heteroatoms. The van der Waals surface area contributed by atoms with Crippen LogP contribution in [0.4, 0.5) is 0 Å². The van der Waals surface area contributed by atoms with E-state index in [1.807, 2.05) is 17.9 Å². The SMILES string of the molecule is COc1ccc(OCC(=O)N2CCCCC2c2[nH]ncc2-c2cc(C)no2)cc1. The average molecular weight is 396 g/mol. The number of piperidine rings is 1. The number of carbonyl (C=O) groups excluding carboxylic acids is 1. The zero-order valence-electron chi connectivity index (χ0n) is 16.6. The van der Waals surface area contributed by atoms with Gasteiger partial charge >= 0.3 is 0 Å². The summed E-state index contributed by atoms with van der Waals surface area (Å²) < 4.78 is 16.3. The summed E-state index contributed by atoms with van der Waals surface area (Å²) in [7, 11) is 1.61. The van der Waals surface area contributed by atoms with Gasteiger partial charge in [0.2, 0.25) is 0 Å². The molecule has 1 amide bonds. The lowest BCUT2D eigenvalue weighted by Gasteiger charge is -2.35. The van der Waals surface area contributed by atoms with E-state index in [1.54, 1.807) is 37.6 Å². The van der Waals surface area contributed by atoms with E-state index in [0.29, 0.717) is 18.1 Å². The lowest BCUT2D eigenvalue weighted by Crippen LogP contribution is -2.41. The van der Waals surface area contributed by atoms with Crippen molar-refractivity contribution in [1.82, 2.24) is 20.3 Å². The number of aromatic nitrogens is 3. The Morgan fingerprint density at radius 1 is 1.28 bits per heavy atom. The lowest BCUT2D eigenvalue weighted by molar-refractivity contribution is -0.137. The van der Waals surface area contributed by atoms with Crippen LogP contribution in [0.2, 0.25) is 0 Å². The van der Waals surface area contributed by atoms with E-state index >= 15 is 0 Å². The molecule has 0 radical (unpaired) electrons. The van der Waals surface area contributed by atoms with Gasteiger partial charge in [0.05, 0.1) is 36.3 Å². The summed E-state index contributed by atoms with van der Waals surface area (Å²) in [5.41, 5.74) is 2.52. The van der Waals surface area contributed by atoms with Crippen LogP contribution in [0.15, 0.2) is 41.1 Å². The first-order valence-electron chi connectivity index (χ1n) is 9.69. The number of hydrogen-bond acceptors (Lipinski definition) is 6. The molecule has 29 heavy (non-hydrogen) atoms. The molecule has 4 rings (SSSR count). The third kappa shape index (κ3) is 4.11. The van der Waals surface area contributed by atoms with Gasteiger partial charge in [-0.2, -0.15) is 5.10 Å². The summed E-state index contributed by atoms with van der Waals surface area (Å²) in [4.78, 5) is 14.8. The Bertz CT molecular complexity index is 963. The third-order valence-electron chi connectivity index (χ3n) is 5.14. The van der Waals surface area contributed by atoms with E-state index in [-0.39, 0.29) is 18.6 Å². The highest BCUT2D eigenvalue weighted by molar-refractivity contribution is 5.79. The van der Waals surface area contributed by atoms with Crippen molar-refractivity contribution in [3.8, 4) is 22.8 Å². The van der Waals surface area contributed by atoms with Gasteiger partial charge in [-0.15, -0.1) is 0 Å². The van der Waals surface area contributed by atoms with E-state index in [9.17, 15) is 4.79 Å². The quantitative estimate of drug-likeness (QED) is 0.685. The molecule has 2 aromatic heterocycles. The van der Waals surface area contributed by atoms with E-state index in [4.69, 9.17) is 14.0 Å². The van der Waals surface area contributed by atoms with Gasteiger partial charge in [0, 0.05) is 12.6 Å². The average Bonchev–Trinajstić information content (AvgIpc) is 3.41. The Hall–Kier alpha value is -3.29. The number of nitrogens with one attached hydrogen (secondary N) is 1. The minimum absolute atomic E-state index is 0.0201. The number of benzene rings is 1.